The predicted octanol–water partition coefficient (Wildman–Crippen LogP) is 5.41. The molecule has 2 aliphatic carbocycles. The van der Waals surface area contributed by atoms with Gasteiger partial charge < -0.3 is 20.4 Å². The van der Waals surface area contributed by atoms with E-state index in [2.05, 4.69) is 30.7 Å². The molecule has 0 spiro atoms. The van der Waals surface area contributed by atoms with Gasteiger partial charge in [-0.15, -0.1) is 0 Å². The van der Waals surface area contributed by atoms with Crippen LogP contribution in [0.15, 0.2) is 75.3 Å². The van der Waals surface area contributed by atoms with E-state index >= 15 is 4.39 Å². The van der Waals surface area contributed by atoms with Gasteiger partial charge in [-0.3, -0.25) is 57.7 Å². The summed E-state index contributed by atoms with van der Waals surface area (Å²) >= 11 is 0. The van der Waals surface area contributed by atoms with Gasteiger partial charge in [0.25, 0.3) is 11.1 Å². The molecule has 372 valence electrons. The number of aromatic nitrogens is 4. The number of amides is 4. The van der Waals surface area contributed by atoms with Gasteiger partial charge >= 0.3 is 5.69 Å². The molecule has 3 aliphatic heterocycles. The molecule has 2 saturated carbocycles. The van der Waals surface area contributed by atoms with Gasteiger partial charge in [-0.25, -0.2) is 9.18 Å². The second-order valence-electron chi connectivity index (χ2n) is 20.3. The van der Waals surface area contributed by atoms with Crippen LogP contribution < -0.4 is 37.7 Å². The maximum absolute atomic E-state index is 15.2. The van der Waals surface area contributed by atoms with Gasteiger partial charge in [0.2, 0.25) is 23.6 Å². The third-order valence-electron chi connectivity index (χ3n) is 15.5. The second kappa shape index (κ2) is 19.7. The van der Waals surface area contributed by atoms with E-state index in [4.69, 9.17) is 0 Å². The second-order valence-corrected chi connectivity index (χ2v) is 20.3. The van der Waals surface area contributed by atoms with Gasteiger partial charge in [0.1, 0.15) is 17.0 Å². The molecule has 18 heteroatoms. The molecule has 71 heavy (non-hydrogen) atoms. The minimum atomic E-state index is -0.606. The molecule has 0 bridgehead atoms. The molecule has 3 N–H and O–H groups in total. The summed E-state index contributed by atoms with van der Waals surface area (Å²) in [5.74, 6) is -1.25. The largest absolute Gasteiger partial charge is 0.370 e. The number of piperidine rings is 2. The summed E-state index contributed by atoms with van der Waals surface area (Å²) in [4.78, 5) is 105. The van der Waals surface area contributed by atoms with Crippen LogP contribution in [-0.4, -0.2) is 97.9 Å². The Morgan fingerprint density at radius 1 is 0.789 bits per heavy atom. The molecular formula is C53H61FN10O7. The topological polar surface area (TPSA) is 193 Å². The predicted molar refractivity (Wildman–Crippen MR) is 268 cm³/mol. The number of nitrogens with one attached hydrogen (secondary N) is 3. The Morgan fingerprint density at radius 2 is 1.52 bits per heavy atom. The van der Waals surface area contributed by atoms with Crippen LogP contribution in [0.2, 0.25) is 0 Å². The Bertz CT molecular complexity index is 3120. The van der Waals surface area contributed by atoms with Crippen molar-refractivity contribution >= 4 is 57.4 Å². The van der Waals surface area contributed by atoms with Gasteiger partial charge in [-0.05, 0) is 125 Å². The molecule has 1 unspecified atom stereocenters. The molecule has 0 radical (unpaired) electrons. The van der Waals surface area contributed by atoms with Crippen LogP contribution in [0.1, 0.15) is 92.9 Å². The average molecular weight is 969 g/mol. The van der Waals surface area contributed by atoms with Crippen LogP contribution in [0.25, 0.3) is 16.6 Å². The Balaban J connectivity index is 0.742. The first-order valence-electron chi connectivity index (χ1n) is 25.1. The lowest BCUT2D eigenvalue weighted by Crippen LogP contribution is -2.52. The zero-order valence-corrected chi connectivity index (χ0v) is 40.5. The number of rotatable bonds is 11. The number of halogens is 1. The van der Waals surface area contributed by atoms with Crippen molar-refractivity contribution in [2.45, 2.75) is 90.0 Å². The van der Waals surface area contributed by atoms with Crippen LogP contribution in [0.3, 0.4) is 0 Å². The SMILES string of the molecule is Cc1ccc(Nc2c3c(=O)n(C4CC4)c(=O)n(-c4cccc(NC(=O)C5CCC(C(=O)N6CCN(CC7CCN(c8cncc(C9CCC(=O)NC9=O)c8)CC7)CC6)CC5)c4)c3c(C)c(=O)n2C)c(F)c1. The summed E-state index contributed by atoms with van der Waals surface area (Å²) in [6, 6.07) is 13.1. The molecule has 3 saturated heterocycles. The van der Waals surface area contributed by atoms with Crippen molar-refractivity contribution < 1.29 is 23.6 Å². The van der Waals surface area contributed by atoms with Crippen molar-refractivity contribution in [2.24, 2.45) is 24.8 Å². The van der Waals surface area contributed by atoms with Crippen molar-refractivity contribution in [1.29, 1.82) is 0 Å². The van der Waals surface area contributed by atoms with E-state index in [1.54, 1.807) is 50.4 Å². The number of hydrogen-bond donors (Lipinski definition) is 3. The fourth-order valence-corrected chi connectivity index (χ4v) is 11.2. The normalized spacial score (nSPS) is 21.3. The van der Waals surface area contributed by atoms with E-state index < -0.39 is 22.6 Å². The van der Waals surface area contributed by atoms with Crippen LogP contribution in [-0.2, 0) is 26.2 Å². The maximum atomic E-state index is 15.2. The van der Waals surface area contributed by atoms with Gasteiger partial charge in [-0.2, -0.15) is 0 Å². The number of anilines is 4. The molecule has 6 heterocycles. The summed E-state index contributed by atoms with van der Waals surface area (Å²) in [5.41, 5.74) is 2.02. The molecule has 10 rings (SSSR count). The first kappa shape index (κ1) is 47.7. The summed E-state index contributed by atoms with van der Waals surface area (Å²) < 4.78 is 19.0. The number of carbonyl (C=O) groups excluding carboxylic acids is 4. The number of pyridine rings is 2. The number of carbonyl (C=O) groups is 4. The first-order valence-corrected chi connectivity index (χ1v) is 25.1. The number of nitrogens with zero attached hydrogens (tertiary/aromatic N) is 7. The number of fused-ring (bicyclic) bond motifs is 1. The molecule has 17 nitrogen and oxygen atoms in total. The zero-order valence-electron chi connectivity index (χ0n) is 40.5. The lowest BCUT2D eigenvalue weighted by molar-refractivity contribution is -0.139. The van der Waals surface area contributed by atoms with Gasteiger partial charge in [0, 0.05) is 94.6 Å². The maximum Gasteiger partial charge on any atom is 0.336 e. The number of benzene rings is 2. The molecule has 5 aliphatic rings. The van der Waals surface area contributed by atoms with Gasteiger partial charge in [-0.1, -0.05) is 12.1 Å². The number of aryl methyl sites for hydroxylation is 2. The van der Waals surface area contributed by atoms with Crippen molar-refractivity contribution in [3.05, 3.63) is 115 Å². The van der Waals surface area contributed by atoms with Crippen molar-refractivity contribution in [2.75, 3.05) is 61.3 Å². The van der Waals surface area contributed by atoms with E-state index in [1.165, 1.54) is 32.9 Å². The first-order chi connectivity index (χ1) is 34.2. The number of imide groups is 1. The fourth-order valence-electron chi connectivity index (χ4n) is 11.2. The Kier molecular flexibility index (Phi) is 13.2. The highest BCUT2D eigenvalue weighted by Crippen LogP contribution is 2.36. The van der Waals surface area contributed by atoms with E-state index in [1.807, 2.05) is 17.2 Å². The Labute approximate surface area is 410 Å². The fraction of sp³-hybridized carbons (Fsp3) is 0.472. The molecule has 4 amide bonds. The Morgan fingerprint density at radius 3 is 2.23 bits per heavy atom. The smallest absolute Gasteiger partial charge is 0.336 e. The van der Waals surface area contributed by atoms with Crippen LogP contribution in [0.4, 0.5) is 27.3 Å². The summed E-state index contributed by atoms with van der Waals surface area (Å²) in [7, 11) is 1.50. The molecule has 2 aromatic carbocycles. The summed E-state index contributed by atoms with van der Waals surface area (Å²) in [6.07, 6.45) is 10.1. The highest BCUT2D eigenvalue weighted by atomic mass is 19.1. The monoisotopic (exact) mass is 968 g/mol. The highest BCUT2D eigenvalue weighted by Gasteiger charge is 2.36. The zero-order chi connectivity index (χ0) is 49.7. The quantitative estimate of drug-likeness (QED) is 0.144. The van der Waals surface area contributed by atoms with Gasteiger partial charge in [0.05, 0.1) is 34.7 Å². The van der Waals surface area contributed by atoms with E-state index in [0.29, 0.717) is 87.3 Å². The molecule has 3 aromatic heterocycles. The van der Waals surface area contributed by atoms with Gasteiger partial charge in [0.15, 0.2) is 0 Å². The highest BCUT2D eigenvalue weighted by molar-refractivity contribution is 6.01. The summed E-state index contributed by atoms with van der Waals surface area (Å²) in [6.45, 7) is 9.12. The van der Waals surface area contributed by atoms with Crippen molar-refractivity contribution in [3.8, 4) is 5.69 Å². The molecular weight excluding hydrogens is 908 g/mol. The van der Waals surface area contributed by atoms with Crippen molar-refractivity contribution in [3.63, 3.8) is 0 Å². The molecule has 1 atom stereocenters. The minimum absolute atomic E-state index is 0.0594. The standard InChI is InChI=1S/C53H61FN10O7/c1-31-7-15-43(42(54)25-31)57-47-45-46(32(2)50(68)59(47)3)63(53(71)64(52(45)70)38-12-13-38)39-6-4-5-37(27-39)56-48(66)34-8-10-35(11-9-34)51(69)62-23-21-60(22-24-62)30-33-17-19-61(20-18-33)40-26-36(28-55-29-40)41-14-16-44(65)58-49(41)67/h4-7,15,25-29,33-35,38,41,57H,8-14,16-24,30H2,1-3H3,(H,56,66)(H,58,65,67). The van der Waals surface area contributed by atoms with Crippen LogP contribution >= 0.6 is 0 Å². The van der Waals surface area contributed by atoms with E-state index in [0.717, 1.165) is 56.8 Å². The molecule has 5 fully saturated rings. The number of hydrogen-bond acceptors (Lipinski definition) is 11. The lowest BCUT2D eigenvalue weighted by atomic mass is 9.80. The van der Waals surface area contributed by atoms with Crippen LogP contribution in [0, 0.1) is 37.4 Å². The third kappa shape index (κ3) is 9.65. The average Bonchev–Trinajstić information content (AvgIpc) is 4.21. The van der Waals surface area contributed by atoms with E-state index in [-0.39, 0.29) is 75.4 Å². The van der Waals surface area contributed by atoms with Crippen molar-refractivity contribution in [1.82, 2.24) is 33.8 Å². The third-order valence-corrected chi connectivity index (χ3v) is 15.5. The van der Waals surface area contributed by atoms with Crippen LogP contribution in [0.5, 0.6) is 0 Å². The minimum Gasteiger partial charge on any atom is -0.370 e. The molecule has 5 aromatic rings. The number of piperazine rings is 1. The van der Waals surface area contributed by atoms with E-state index in [9.17, 15) is 33.6 Å². The summed E-state index contributed by atoms with van der Waals surface area (Å²) in [5, 5.41) is 8.56. The Hall–Kier alpha value is -6.95. The lowest BCUT2D eigenvalue weighted by Gasteiger charge is -2.40.